The number of benzene rings is 1. The molecular weight excluding hydrogens is 330 g/mol. The van der Waals surface area contributed by atoms with Crippen LogP contribution in [0.2, 0.25) is 0 Å². The molecule has 0 aliphatic carbocycles. The van der Waals surface area contributed by atoms with Crippen LogP contribution < -0.4 is 15.4 Å². The van der Waals surface area contributed by atoms with Gasteiger partial charge in [0.2, 0.25) is 5.91 Å². The molecule has 1 unspecified atom stereocenters. The molecule has 6 heteroatoms. The first kappa shape index (κ1) is 19.1. The molecule has 144 valence electrons. The maximum absolute atomic E-state index is 12.7. The maximum Gasteiger partial charge on any atom is 0.237 e. The zero-order valence-electron chi connectivity index (χ0n) is 15.9. The summed E-state index contributed by atoms with van der Waals surface area (Å²) in [5.74, 6) is 0.962. The number of amides is 1. The summed E-state index contributed by atoms with van der Waals surface area (Å²) in [6, 6.07) is 7.85. The Morgan fingerprint density at radius 3 is 2.69 bits per heavy atom. The van der Waals surface area contributed by atoms with Crippen LogP contribution in [0.5, 0.6) is 5.75 Å². The number of nitrogens with one attached hydrogen (secondary N) is 2. The van der Waals surface area contributed by atoms with E-state index in [0.29, 0.717) is 25.2 Å². The standard InChI is InChI=1S/C20H31N3O3/c1-23-15-20(7-9-21-10-8-20)13-18(23)19(24)22-14-16-3-5-17(6-4-16)26-12-11-25-2/h3-6,18,21H,7-15H2,1-2H3,(H,22,24). The Morgan fingerprint density at radius 2 is 2.00 bits per heavy atom. The lowest BCUT2D eigenvalue weighted by atomic mass is 9.77. The quantitative estimate of drug-likeness (QED) is 0.719. The van der Waals surface area contributed by atoms with Crippen molar-refractivity contribution < 1.29 is 14.3 Å². The van der Waals surface area contributed by atoms with Crippen LogP contribution >= 0.6 is 0 Å². The van der Waals surface area contributed by atoms with Crippen molar-refractivity contribution in [2.75, 3.05) is 47.0 Å². The van der Waals surface area contributed by atoms with Crippen molar-refractivity contribution in [3.8, 4) is 5.75 Å². The number of likely N-dealkylation sites (tertiary alicyclic amines) is 1. The molecule has 2 N–H and O–H groups in total. The maximum atomic E-state index is 12.7. The molecule has 1 atom stereocenters. The summed E-state index contributed by atoms with van der Waals surface area (Å²) in [6.45, 7) is 4.83. The molecule has 2 saturated heterocycles. The van der Waals surface area contributed by atoms with E-state index in [2.05, 4.69) is 22.6 Å². The van der Waals surface area contributed by atoms with Gasteiger partial charge in [-0.15, -0.1) is 0 Å². The van der Waals surface area contributed by atoms with Gasteiger partial charge in [0.05, 0.1) is 12.6 Å². The molecule has 26 heavy (non-hydrogen) atoms. The zero-order valence-corrected chi connectivity index (χ0v) is 15.9. The molecule has 6 nitrogen and oxygen atoms in total. The summed E-state index contributed by atoms with van der Waals surface area (Å²) in [6.07, 6.45) is 3.32. The highest BCUT2D eigenvalue weighted by Gasteiger charge is 2.45. The van der Waals surface area contributed by atoms with Crippen molar-refractivity contribution in [3.63, 3.8) is 0 Å². The van der Waals surface area contributed by atoms with E-state index in [4.69, 9.17) is 9.47 Å². The summed E-state index contributed by atoms with van der Waals surface area (Å²) >= 11 is 0. The Hall–Kier alpha value is -1.63. The summed E-state index contributed by atoms with van der Waals surface area (Å²) in [5.41, 5.74) is 1.40. The highest BCUT2D eigenvalue weighted by atomic mass is 16.5. The monoisotopic (exact) mass is 361 g/mol. The highest BCUT2D eigenvalue weighted by molar-refractivity contribution is 5.82. The van der Waals surface area contributed by atoms with Crippen LogP contribution in [0.3, 0.4) is 0 Å². The van der Waals surface area contributed by atoms with Crippen molar-refractivity contribution in [2.45, 2.75) is 31.8 Å². The van der Waals surface area contributed by atoms with Crippen LogP contribution in [0.4, 0.5) is 0 Å². The number of piperidine rings is 1. The van der Waals surface area contributed by atoms with Gasteiger partial charge in [-0.1, -0.05) is 12.1 Å². The van der Waals surface area contributed by atoms with E-state index >= 15 is 0 Å². The Kier molecular flexibility index (Phi) is 6.51. The lowest BCUT2D eigenvalue weighted by Crippen LogP contribution is -2.41. The predicted octanol–water partition coefficient (Wildman–Crippen LogP) is 1.40. The van der Waals surface area contributed by atoms with Crippen LogP contribution in [0.1, 0.15) is 24.8 Å². The summed E-state index contributed by atoms with van der Waals surface area (Å²) < 4.78 is 10.5. The average Bonchev–Trinajstić information content (AvgIpc) is 2.97. The van der Waals surface area contributed by atoms with Gasteiger partial charge >= 0.3 is 0 Å². The highest BCUT2D eigenvalue weighted by Crippen LogP contribution is 2.41. The largest absolute Gasteiger partial charge is 0.491 e. The fourth-order valence-corrected chi connectivity index (χ4v) is 4.14. The molecule has 1 amide bonds. The number of likely N-dealkylation sites (N-methyl/N-ethyl adjacent to an activating group) is 1. The van der Waals surface area contributed by atoms with E-state index in [9.17, 15) is 4.79 Å². The Morgan fingerprint density at radius 1 is 1.27 bits per heavy atom. The van der Waals surface area contributed by atoms with Crippen molar-refractivity contribution >= 4 is 5.91 Å². The second kappa shape index (κ2) is 8.84. The zero-order chi connectivity index (χ0) is 18.4. The summed E-state index contributed by atoms with van der Waals surface area (Å²) in [7, 11) is 3.73. The molecule has 2 fully saturated rings. The first-order chi connectivity index (χ1) is 12.6. The second-order valence-corrected chi connectivity index (χ2v) is 7.59. The van der Waals surface area contributed by atoms with Gasteiger partial charge in [0.1, 0.15) is 12.4 Å². The molecular formula is C20H31N3O3. The van der Waals surface area contributed by atoms with Gasteiger partial charge in [0, 0.05) is 20.2 Å². The minimum absolute atomic E-state index is 0.00949. The number of rotatable bonds is 7. The van der Waals surface area contributed by atoms with E-state index in [-0.39, 0.29) is 11.9 Å². The van der Waals surface area contributed by atoms with E-state index in [1.54, 1.807) is 7.11 Å². The van der Waals surface area contributed by atoms with Crippen molar-refractivity contribution in [3.05, 3.63) is 29.8 Å². The molecule has 2 aliphatic rings. The number of carbonyl (C=O) groups is 1. The smallest absolute Gasteiger partial charge is 0.237 e. The van der Waals surface area contributed by atoms with Crippen LogP contribution in [0.25, 0.3) is 0 Å². The van der Waals surface area contributed by atoms with Crippen molar-refractivity contribution in [2.24, 2.45) is 5.41 Å². The second-order valence-electron chi connectivity index (χ2n) is 7.59. The van der Waals surface area contributed by atoms with Gasteiger partial charge in [-0.2, -0.15) is 0 Å². The van der Waals surface area contributed by atoms with Crippen LogP contribution in [0, 0.1) is 5.41 Å². The Balaban J connectivity index is 1.47. The molecule has 1 aromatic rings. The summed E-state index contributed by atoms with van der Waals surface area (Å²) in [5, 5.41) is 6.53. The first-order valence-corrected chi connectivity index (χ1v) is 9.51. The molecule has 0 radical (unpaired) electrons. The minimum atomic E-state index is -0.00949. The third kappa shape index (κ3) is 4.75. The van der Waals surface area contributed by atoms with Gasteiger partial charge in [-0.3, -0.25) is 9.69 Å². The van der Waals surface area contributed by atoms with E-state index in [1.807, 2.05) is 24.3 Å². The van der Waals surface area contributed by atoms with Gasteiger partial charge in [-0.05, 0) is 62.5 Å². The van der Waals surface area contributed by atoms with Gasteiger partial charge in [0.25, 0.3) is 0 Å². The third-order valence-corrected chi connectivity index (χ3v) is 5.66. The molecule has 0 aromatic heterocycles. The van der Waals surface area contributed by atoms with Crippen LogP contribution in [-0.4, -0.2) is 63.9 Å². The van der Waals surface area contributed by atoms with Crippen molar-refractivity contribution in [1.82, 2.24) is 15.5 Å². The van der Waals surface area contributed by atoms with Gasteiger partial charge < -0.3 is 20.1 Å². The van der Waals surface area contributed by atoms with Crippen LogP contribution in [0.15, 0.2) is 24.3 Å². The Bertz CT molecular complexity index is 584. The number of hydrogen-bond acceptors (Lipinski definition) is 5. The predicted molar refractivity (Wildman–Crippen MR) is 101 cm³/mol. The van der Waals surface area contributed by atoms with E-state index in [1.165, 1.54) is 12.8 Å². The first-order valence-electron chi connectivity index (χ1n) is 9.51. The topological polar surface area (TPSA) is 62.8 Å². The number of methoxy groups -OCH3 is 1. The molecule has 1 aromatic carbocycles. The number of carbonyl (C=O) groups excluding carboxylic acids is 1. The average molecular weight is 361 g/mol. The van der Waals surface area contributed by atoms with Crippen molar-refractivity contribution in [1.29, 1.82) is 0 Å². The minimum Gasteiger partial charge on any atom is -0.491 e. The van der Waals surface area contributed by atoms with E-state index in [0.717, 1.165) is 37.4 Å². The van der Waals surface area contributed by atoms with E-state index < -0.39 is 0 Å². The molecule has 0 saturated carbocycles. The van der Waals surface area contributed by atoms with Gasteiger partial charge in [-0.25, -0.2) is 0 Å². The third-order valence-electron chi connectivity index (χ3n) is 5.66. The summed E-state index contributed by atoms with van der Waals surface area (Å²) in [4.78, 5) is 14.9. The fourth-order valence-electron chi connectivity index (χ4n) is 4.14. The lowest BCUT2D eigenvalue weighted by Gasteiger charge is -2.33. The molecule has 1 spiro atoms. The fraction of sp³-hybridized carbons (Fsp3) is 0.650. The molecule has 0 bridgehead atoms. The molecule has 2 heterocycles. The SMILES string of the molecule is COCCOc1ccc(CNC(=O)C2CC3(CCNCC3)CN2C)cc1. The number of nitrogens with zero attached hydrogens (tertiary/aromatic N) is 1. The van der Waals surface area contributed by atoms with Gasteiger partial charge in [0.15, 0.2) is 0 Å². The lowest BCUT2D eigenvalue weighted by molar-refractivity contribution is -0.125. The normalized spacial score (nSPS) is 22.5. The number of hydrogen-bond donors (Lipinski definition) is 2. The molecule has 2 aliphatic heterocycles. The number of ether oxygens (including phenoxy) is 2. The Labute approximate surface area is 156 Å². The molecule has 3 rings (SSSR count). The van der Waals surface area contributed by atoms with Crippen LogP contribution in [-0.2, 0) is 16.1 Å².